The summed E-state index contributed by atoms with van der Waals surface area (Å²) in [5.41, 5.74) is 2.93. The third kappa shape index (κ3) is 2.05. The highest BCUT2D eigenvalue weighted by Crippen LogP contribution is 2.25. The number of hydrogen-bond acceptors (Lipinski definition) is 3. The number of para-hydroxylation sites is 1. The molecular formula is C16H15N3O. The minimum absolute atomic E-state index is 0.0718. The third-order valence-electron chi connectivity index (χ3n) is 3.30. The van der Waals surface area contributed by atoms with E-state index in [1.807, 2.05) is 59.3 Å². The molecule has 0 saturated heterocycles. The molecule has 3 aromatic rings. The second-order valence-corrected chi connectivity index (χ2v) is 4.48. The average molecular weight is 265 g/mol. The number of ether oxygens (including phenoxy) is 1. The molecule has 20 heavy (non-hydrogen) atoms. The van der Waals surface area contributed by atoms with Gasteiger partial charge in [0, 0.05) is 0 Å². The zero-order chi connectivity index (χ0) is 13.9. The van der Waals surface area contributed by atoms with E-state index in [0.29, 0.717) is 0 Å². The molecular weight excluding hydrogens is 250 g/mol. The van der Waals surface area contributed by atoms with Crippen molar-refractivity contribution in [1.82, 2.24) is 15.0 Å². The number of fused-ring (bicyclic) bond motifs is 1. The monoisotopic (exact) mass is 265 g/mol. The first-order valence-corrected chi connectivity index (χ1v) is 6.40. The average Bonchev–Trinajstić information content (AvgIpc) is 2.93. The van der Waals surface area contributed by atoms with Gasteiger partial charge in [0.25, 0.3) is 0 Å². The molecule has 0 saturated carbocycles. The summed E-state index contributed by atoms with van der Waals surface area (Å²) in [7, 11) is 1.66. The maximum absolute atomic E-state index is 5.27. The van der Waals surface area contributed by atoms with Crippen LogP contribution in [0.4, 0.5) is 0 Å². The Hall–Kier alpha value is -2.62. The lowest BCUT2D eigenvalue weighted by molar-refractivity contribution is 0.413. The number of rotatable bonds is 4. The topological polar surface area (TPSA) is 39.9 Å². The first kappa shape index (κ1) is 12.4. The van der Waals surface area contributed by atoms with Gasteiger partial charge in [-0.05, 0) is 29.8 Å². The minimum atomic E-state index is -0.0718. The van der Waals surface area contributed by atoms with Crippen molar-refractivity contribution in [3.05, 3.63) is 66.7 Å². The van der Waals surface area contributed by atoms with Gasteiger partial charge in [0.2, 0.25) is 0 Å². The molecule has 3 rings (SSSR count). The summed E-state index contributed by atoms with van der Waals surface area (Å²) >= 11 is 0. The molecule has 0 spiro atoms. The van der Waals surface area contributed by atoms with Crippen molar-refractivity contribution >= 4 is 11.0 Å². The van der Waals surface area contributed by atoms with E-state index in [2.05, 4.69) is 16.9 Å². The number of nitrogens with zero attached hydrogens (tertiary/aromatic N) is 3. The highest BCUT2D eigenvalue weighted by molar-refractivity contribution is 5.74. The number of hydrogen-bond donors (Lipinski definition) is 0. The Balaban J connectivity index is 2.11. The number of allylic oxidation sites excluding steroid dienone is 1. The Labute approximate surface area is 117 Å². The molecule has 1 heterocycles. The van der Waals surface area contributed by atoms with E-state index in [1.54, 1.807) is 7.11 Å². The van der Waals surface area contributed by atoms with Gasteiger partial charge in [0.05, 0.1) is 18.7 Å². The maximum Gasteiger partial charge on any atom is 0.119 e. The molecule has 0 aliphatic heterocycles. The smallest absolute Gasteiger partial charge is 0.119 e. The Morgan fingerprint density at radius 1 is 1.20 bits per heavy atom. The van der Waals surface area contributed by atoms with Crippen molar-refractivity contribution in [2.45, 2.75) is 6.04 Å². The predicted molar refractivity (Wildman–Crippen MR) is 78.9 cm³/mol. The molecule has 1 unspecified atom stereocenters. The molecule has 0 aliphatic carbocycles. The fourth-order valence-corrected chi connectivity index (χ4v) is 2.30. The molecule has 0 radical (unpaired) electrons. The second-order valence-electron chi connectivity index (χ2n) is 4.48. The largest absolute Gasteiger partial charge is 0.497 e. The summed E-state index contributed by atoms with van der Waals surface area (Å²) in [4.78, 5) is 0. The summed E-state index contributed by atoms with van der Waals surface area (Å²) < 4.78 is 7.15. The summed E-state index contributed by atoms with van der Waals surface area (Å²) in [6, 6.07) is 15.7. The fraction of sp³-hybridized carbons (Fsp3) is 0.125. The number of benzene rings is 2. The molecule has 0 N–H and O–H groups in total. The van der Waals surface area contributed by atoms with E-state index >= 15 is 0 Å². The van der Waals surface area contributed by atoms with E-state index in [1.165, 1.54) is 0 Å². The SMILES string of the molecule is C=CC(c1cccc(OC)c1)n1nnc2ccccc21. The predicted octanol–water partition coefficient (Wildman–Crippen LogP) is 3.22. The van der Waals surface area contributed by atoms with Crippen molar-refractivity contribution in [2.75, 3.05) is 7.11 Å². The Kier molecular flexibility index (Phi) is 3.21. The van der Waals surface area contributed by atoms with Crippen LogP contribution >= 0.6 is 0 Å². The van der Waals surface area contributed by atoms with Crippen LogP contribution in [0, 0.1) is 0 Å². The molecule has 100 valence electrons. The highest BCUT2D eigenvalue weighted by atomic mass is 16.5. The van der Waals surface area contributed by atoms with E-state index in [4.69, 9.17) is 4.74 Å². The van der Waals surface area contributed by atoms with Gasteiger partial charge < -0.3 is 4.74 Å². The summed E-state index contributed by atoms with van der Waals surface area (Å²) in [6.45, 7) is 3.93. The molecule has 0 aliphatic rings. The number of methoxy groups -OCH3 is 1. The molecule has 4 nitrogen and oxygen atoms in total. The lowest BCUT2D eigenvalue weighted by Gasteiger charge is -2.14. The fourth-order valence-electron chi connectivity index (χ4n) is 2.30. The van der Waals surface area contributed by atoms with E-state index in [0.717, 1.165) is 22.3 Å². The summed E-state index contributed by atoms with van der Waals surface area (Å²) in [6.07, 6.45) is 1.86. The van der Waals surface area contributed by atoms with Crippen LogP contribution in [0.3, 0.4) is 0 Å². The normalized spacial score (nSPS) is 12.2. The van der Waals surface area contributed by atoms with Crippen molar-refractivity contribution in [3.63, 3.8) is 0 Å². The van der Waals surface area contributed by atoms with E-state index < -0.39 is 0 Å². The molecule has 1 aromatic heterocycles. The van der Waals surface area contributed by atoms with Gasteiger partial charge in [-0.15, -0.1) is 11.7 Å². The third-order valence-corrected chi connectivity index (χ3v) is 3.30. The first-order valence-electron chi connectivity index (χ1n) is 6.40. The van der Waals surface area contributed by atoms with Gasteiger partial charge in [-0.3, -0.25) is 0 Å². The van der Waals surface area contributed by atoms with Crippen LogP contribution in [-0.4, -0.2) is 22.1 Å². The van der Waals surface area contributed by atoms with Crippen molar-refractivity contribution < 1.29 is 4.74 Å². The van der Waals surface area contributed by atoms with Gasteiger partial charge in [0.1, 0.15) is 11.3 Å². The van der Waals surface area contributed by atoms with Crippen LogP contribution < -0.4 is 4.74 Å². The maximum atomic E-state index is 5.27. The van der Waals surface area contributed by atoms with Crippen LogP contribution in [0.1, 0.15) is 11.6 Å². The minimum Gasteiger partial charge on any atom is -0.497 e. The lowest BCUT2D eigenvalue weighted by atomic mass is 10.1. The van der Waals surface area contributed by atoms with E-state index in [9.17, 15) is 0 Å². The van der Waals surface area contributed by atoms with Gasteiger partial charge in [-0.2, -0.15) is 0 Å². The quantitative estimate of drug-likeness (QED) is 0.680. The first-order chi connectivity index (χ1) is 9.83. The van der Waals surface area contributed by atoms with Crippen molar-refractivity contribution in [2.24, 2.45) is 0 Å². The van der Waals surface area contributed by atoms with Crippen LogP contribution in [0.2, 0.25) is 0 Å². The van der Waals surface area contributed by atoms with Gasteiger partial charge in [0.15, 0.2) is 0 Å². The molecule has 0 bridgehead atoms. The van der Waals surface area contributed by atoms with Gasteiger partial charge in [-0.1, -0.05) is 35.6 Å². The van der Waals surface area contributed by atoms with Crippen LogP contribution in [0.5, 0.6) is 5.75 Å². The Morgan fingerprint density at radius 2 is 2.05 bits per heavy atom. The standard InChI is InChI=1S/C16H15N3O/c1-3-15(12-7-6-8-13(11-12)20-2)19-16-10-5-4-9-14(16)17-18-19/h3-11,15H,1H2,2H3. The van der Waals surface area contributed by atoms with Crippen molar-refractivity contribution in [1.29, 1.82) is 0 Å². The van der Waals surface area contributed by atoms with Crippen LogP contribution in [-0.2, 0) is 0 Å². The molecule has 0 fully saturated rings. The molecule has 4 heteroatoms. The highest BCUT2D eigenvalue weighted by Gasteiger charge is 2.15. The summed E-state index contributed by atoms with van der Waals surface area (Å²) in [5, 5.41) is 8.44. The molecule has 0 amide bonds. The molecule has 2 aromatic carbocycles. The summed E-state index contributed by atoms with van der Waals surface area (Å²) in [5.74, 6) is 0.818. The molecule has 1 atom stereocenters. The Bertz CT molecular complexity index is 748. The lowest BCUT2D eigenvalue weighted by Crippen LogP contribution is -2.09. The zero-order valence-corrected chi connectivity index (χ0v) is 11.2. The number of aromatic nitrogens is 3. The van der Waals surface area contributed by atoms with E-state index in [-0.39, 0.29) is 6.04 Å². The second kappa shape index (κ2) is 5.17. The van der Waals surface area contributed by atoms with Gasteiger partial charge >= 0.3 is 0 Å². The van der Waals surface area contributed by atoms with Gasteiger partial charge in [-0.25, -0.2) is 4.68 Å². The van der Waals surface area contributed by atoms with Crippen molar-refractivity contribution in [3.8, 4) is 5.75 Å². The Morgan fingerprint density at radius 3 is 2.85 bits per heavy atom. The van der Waals surface area contributed by atoms with Crippen LogP contribution in [0.25, 0.3) is 11.0 Å². The zero-order valence-electron chi connectivity index (χ0n) is 11.2. The van der Waals surface area contributed by atoms with Crippen LogP contribution in [0.15, 0.2) is 61.2 Å².